The molecule has 0 bridgehead atoms. The Morgan fingerprint density at radius 1 is 1.39 bits per heavy atom. The van der Waals surface area contributed by atoms with E-state index in [4.69, 9.17) is 10.5 Å². The summed E-state index contributed by atoms with van der Waals surface area (Å²) in [4.78, 5) is 40.4. The summed E-state index contributed by atoms with van der Waals surface area (Å²) in [5, 5.41) is 20.6. The molecular weight excluding hydrogens is 417 g/mol. The van der Waals surface area contributed by atoms with Crippen molar-refractivity contribution >= 4 is 42.3 Å². The number of nitrogens with zero attached hydrogens (tertiary/aromatic N) is 4. The quantitative estimate of drug-likeness (QED) is 0.257. The normalized spacial score (nSPS) is 26.5. The highest BCUT2D eigenvalue weighted by atomic mass is 32.2. The van der Waals surface area contributed by atoms with Gasteiger partial charge in [-0.05, 0) is 0 Å². The Hall–Kier alpha value is -1.80. The summed E-state index contributed by atoms with van der Waals surface area (Å²) >= 11 is 0.565. The van der Waals surface area contributed by atoms with Crippen LogP contribution in [0.25, 0.3) is 11.2 Å². The van der Waals surface area contributed by atoms with Gasteiger partial charge in [0.1, 0.15) is 24.1 Å². The summed E-state index contributed by atoms with van der Waals surface area (Å²) in [7, 11) is -3.80. The van der Waals surface area contributed by atoms with Crippen LogP contribution in [-0.4, -0.2) is 81.7 Å². The van der Waals surface area contributed by atoms with Crippen LogP contribution in [0.1, 0.15) is 6.23 Å². The van der Waals surface area contributed by atoms with Gasteiger partial charge in [-0.15, -0.1) is 11.8 Å². The molecule has 3 heterocycles. The molecule has 2 aromatic heterocycles. The Morgan fingerprint density at radius 2 is 2.11 bits per heavy atom. The molecule has 5 unspecified atom stereocenters. The number of aromatic nitrogens is 4. The summed E-state index contributed by atoms with van der Waals surface area (Å²) in [6.07, 6.45) is -2.34. The maximum absolute atomic E-state index is 11.6. The van der Waals surface area contributed by atoms with Crippen molar-refractivity contribution in [2.75, 3.05) is 18.6 Å². The van der Waals surface area contributed by atoms with Crippen LogP contribution in [0.5, 0.6) is 0 Å². The van der Waals surface area contributed by atoms with Crippen LogP contribution in [0.15, 0.2) is 12.7 Å². The zero-order chi connectivity index (χ0) is 20.6. The summed E-state index contributed by atoms with van der Waals surface area (Å²) in [5.41, 5.74) is 6.29. The molecule has 28 heavy (non-hydrogen) atoms. The first kappa shape index (κ1) is 20.9. The fourth-order valence-electron chi connectivity index (χ4n) is 2.74. The van der Waals surface area contributed by atoms with Crippen molar-refractivity contribution in [1.82, 2.24) is 19.5 Å². The van der Waals surface area contributed by atoms with Crippen LogP contribution < -0.4 is 5.73 Å². The minimum atomic E-state index is -4.80. The molecule has 0 aliphatic carbocycles. The van der Waals surface area contributed by atoms with Gasteiger partial charge in [-0.1, -0.05) is 0 Å². The fraction of sp³-hybridized carbons (Fsp3) is 0.538. The lowest BCUT2D eigenvalue weighted by molar-refractivity contribution is -0.138. The molecule has 1 fully saturated rings. The third kappa shape index (κ3) is 3.85. The van der Waals surface area contributed by atoms with E-state index in [0.717, 1.165) is 7.11 Å². The van der Waals surface area contributed by atoms with Gasteiger partial charge in [0.2, 0.25) is 4.99 Å². The van der Waals surface area contributed by atoms with Crippen LogP contribution in [0, 0.1) is 0 Å². The lowest BCUT2D eigenvalue weighted by Crippen LogP contribution is -2.33. The number of nitrogen functional groups attached to an aromatic ring is 1. The molecule has 1 saturated heterocycles. The second-order valence-corrected chi connectivity index (χ2v) is 9.11. The number of carbonyl (C=O) groups is 1. The van der Waals surface area contributed by atoms with E-state index in [1.807, 2.05) is 0 Å². The third-order valence-corrected chi connectivity index (χ3v) is 7.25. The lowest BCUT2D eigenvalue weighted by Gasteiger charge is -2.19. The number of methoxy groups -OCH3 is 1. The zero-order valence-electron chi connectivity index (χ0n) is 14.4. The molecule has 0 spiro atoms. The number of thioether (sulfide) groups is 1. The molecule has 0 saturated carbocycles. The average Bonchev–Trinajstić information content (AvgIpc) is 3.17. The van der Waals surface area contributed by atoms with E-state index in [0.29, 0.717) is 11.8 Å². The number of imidazole rings is 1. The Morgan fingerprint density at radius 3 is 2.75 bits per heavy atom. The summed E-state index contributed by atoms with van der Waals surface area (Å²) in [6, 6.07) is 0. The van der Waals surface area contributed by atoms with E-state index in [1.54, 1.807) is 0 Å². The van der Waals surface area contributed by atoms with E-state index in [1.165, 1.54) is 17.2 Å². The highest BCUT2D eigenvalue weighted by Gasteiger charge is 2.46. The number of aliphatic hydroxyl groups excluding tert-OH is 2. The standard InChI is InChI=1S/C13H18N5O8PS/c1-25-12(21)13(27(22,23)24)28-2-5-7(19)8(20)11(26-5)18-4-17-6-9(14)15-3-16-10(6)18/h3-5,7-8,11,13,19-20H,2H2,1H3,(H2,14,15,16)(H2,22,23,24). The van der Waals surface area contributed by atoms with Crippen molar-refractivity contribution in [2.45, 2.75) is 29.5 Å². The molecule has 0 amide bonds. The lowest BCUT2D eigenvalue weighted by atomic mass is 10.1. The van der Waals surface area contributed by atoms with Gasteiger partial charge in [0.15, 0.2) is 17.7 Å². The minimum absolute atomic E-state index is 0.131. The molecular formula is C13H18N5O8PS. The number of ether oxygens (including phenoxy) is 2. The Balaban J connectivity index is 1.78. The number of fused-ring (bicyclic) bond motifs is 1. The van der Waals surface area contributed by atoms with E-state index < -0.39 is 43.1 Å². The van der Waals surface area contributed by atoms with Gasteiger partial charge >= 0.3 is 13.6 Å². The van der Waals surface area contributed by atoms with Gasteiger partial charge in [0, 0.05) is 5.75 Å². The van der Waals surface area contributed by atoms with Crippen molar-refractivity contribution in [2.24, 2.45) is 0 Å². The van der Waals surface area contributed by atoms with Crippen LogP contribution in [0.4, 0.5) is 5.82 Å². The highest BCUT2D eigenvalue weighted by Crippen LogP contribution is 2.48. The molecule has 0 radical (unpaired) electrons. The number of anilines is 1. The monoisotopic (exact) mass is 435 g/mol. The van der Waals surface area contributed by atoms with Crippen LogP contribution >= 0.6 is 19.4 Å². The minimum Gasteiger partial charge on any atom is -0.468 e. The maximum Gasteiger partial charge on any atom is 0.349 e. The molecule has 2 aromatic rings. The van der Waals surface area contributed by atoms with Gasteiger partial charge in [-0.2, -0.15) is 0 Å². The van der Waals surface area contributed by atoms with Crippen molar-refractivity contribution in [3.05, 3.63) is 12.7 Å². The molecule has 13 nitrogen and oxygen atoms in total. The van der Waals surface area contributed by atoms with Crippen molar-refractivity contribution in [3.63, 3.8) is 0 Å². The van der Waals surface area contributed by atoms with Gasteiger partial charge in [0.25, 0.3) is 0 Å². The topological polar surface area (TPSA) is 203 Å². The van der Waals surface area contributed by atoms with Gasteiger partial charge in [0.05, 0.1) is 19.5 Å². The smallest absolute Gasteiger partial charge is 0.349 e. The van der Waals surface area contributed by atoms with E-state index in [9.17, 15) is 29.4 Å². The molecule has 5 atom stereocenters. The summed E-state index contributed by atoms with van der Waals surface area (Å²) < 4.78 is 22.9. The molecule has 6 N–H and O–H groups in total. The predicted molar refractivity (Wildman–Crippen MR) is 96.0 cm³/mol. The molecule has 15 heteroatoms. The predicted octanol–water partition coefficient (Wildman–Crippen LogP) is -1.56. The van der Waals surface area contributed by atoms with E-state index in [2.05, 4.69) is 19.7 Å². The van der Waals surface area contributed by atoms with Crippen LogP contribution in [0.2, 0.25) is 0 Å². The number of hydrogen-bond acceptors (Lipinski definition) is 11. The number of nitrogens with two attached hydrogens (primary N) is 1. The second kappa shape index (κ2) is 7.91. The molecule has 3 rings (SSSR count). The number of rotatable bonds is 6. The first-order valence-electron chi connectivity index (χ1n) is 7.84. The molecule has 1 aliphatic heterocycles. The second-order valence-electron chi connectivity index (χ2n) is 5.93. The van der Waals surface area contributed by atoms with Crippen molar-refractivity contribution in [1.29, 1.82) is 0 Å². The fourth-order valence-corrected chi connectivity index (χ4v) is 5.04. The maximum atomic E-state index is 11.6. The van der Waals surface area contributed by atoms with Crippen LogP contribution in [0.3, 0.4) is 0 Å². The molecule has 154 valence electrons. The summed E-state index contributed by atoms with van der Waals surface area (Å²) in [6.45, 7) is 0. The van der Waals surface area contributed by atoms with Crippen LogP contribution in [-0.2, 0) is 18.8 Å². The number of carbonyl (C=O) groups excluding carboxylic acids is 1. The first-order chi connectivity index (χ1) is 13.1. The van der Waals surface area contributed by atoms with Gasteiger partial charge in [-0.25, -0.2) is 15.0 Å². The number of aliphatic hydroxyl groups is 2. The Bertz CT molecular complexity index is 921. The Labute approximate surface area is 162 Å². The van der Waals surface area contributed by atoms with Crippen molar-refractivity contribution in [3.8, 4) is 0 Å². The SMILES string of the molecule is COC(=O)C(SCC1OC(n2cnc3c(N)ncnc32)C(O)C1O)P(=O)(O)O. The van der Waals surface area contributed by atoms with E-state index >= 15 is 0 Å². The number of esters is 1. The molecule has 0 aromatic carbocycles. The largest absolute Gasteiger partial charge is 0.468 e. The zero-order valence-corrected chi connectivity index (χ0v) is 16.1. The Kier molecular flexibility index (Phi) is 5.91. The summed E-state index contributed by atoms with van der Waals surface area (Å²) in [5.74, 6) is -1.16. The third-order valence-electron chi connectivity index (χ3n) is 4.13. The van der Waals surface area contributed by atoms with Gasteiger partial charge in [-0.3, -0.25) is 13.9 Å². The number of hydrogen-bond donors (Lipinski definition) is 5. The average molecular weight is 435 g/mol. The molecule has 1 aliphatic rings. The van der Waals surface area contributed by atoms with Gasteiger partial charge < -0.3 is 35.2 Å². The van der Waals surface area contributed by atoms with Crippen molar-refractivity contribution < 1.29 is 38.8 Å². The van der Waals surface area contributed by atoms with E-state index in [-0.39, 0.29) is 22.7 Å². The first-order valence-corrected chi connectivity index (χ1v) is 10.6. The highest BCUT2D eigenvalue weighted by molar-refractivity contribution is 8.06.